The number of ether oxygens (including phenoxy) is 1. The molecular weight excluding hydrogens is 416 g/mol. The normalized spacial score (nSPS) is 13.8. The molecule has 0 fully saturated rings. The Balaban J connectivity index is 1.84. The number of para-hydroxylation sites is 1. The monoisotopic (exact) mass is 438 g/mol. The standard InChI is InChI=1S/C23H22N2O5S/c1-30-20-12-10-15(11-13-22(26)27)14-21(20)31(28,29)25-23-16-6-2-4-8-18(16)24-19-9-5-3-7-17(19)23/h2,4,6,8,10-14H,3,5,7,9H2,1H3,(H,24,25)(H,26,27)/b13-11+. The van der Waals surface area contributed by atoms with Crippen molar-refractivity contribution in [2.45, 2.75) is 30.6 Å². The zero-order chi connectivity index (χ0) is 22.0. The summed E-state index contributed by atoms with van der Waals surface area (Å²) in [5.41, 5.74) is 3.58. The molecule has 0 aliphatic heterocycles. The van der Waals surface area contributed by atoms with Gasteiger partial charge in [0.05, 0.1) is 18.3 Å². The lowest BCUT2D eigenvalue weighted by molar-refractivity contribution is -0.131. The van der Waals surface area contributed by atoms with Gasteiger partial charge in [-0.25, -0.2) is 13.2 Å². The second-order valence-electron chi connectivity index (χ2n) is 7.32. The summed E-state index contributed by atoms with van der Waals surface area (Å²) in [6.07, 6.45) is 5.86. The summed E-state index contributed by atoms with van der Waals surface area (Å²) in [5, 5.41) is 9.61. The molecule has 0 atom stereocenters. The van der Waals surface area contributed by atoms with E-state index in [4.69, 9.17) is 14.8 Å². The van der Waals surface area contributed by atoms with E-state index in [9.17, 15) is 13.2 Å². The quantitative estimate of drug-likeness (QED) is 0.563. The van der Waals surface area contributed by atoms with Crippen molar-refractivity contribution < 1.29 is 23.1 Å². The predicted molar refractivity (Wildman–Crippen MR) is 119 cm³/mol. The molecule has 8 heteroatoms. The number of hydrogen-bond donors (Lipinski definition) is 2. The second kappa shape index (κ2) is 8.39. The van der Waals surface area contributed by atoms with E-state index in [2.05, 4.69) is 4.72 Å². The number of fused-ring (bicyclic) bond motifs is 2. The summed E-state index contributed by atoms with van der Waals surface area (Å²) < 4.78 is 35.0. The summed E-state index contributed by atoms with van der Waals surface area (Å²) >= 11 is 0. The van der Waals surface area contributed by atoms with Crippen LogP contribution in [0.2, 0.25) is 0 Å². The van der Waals surface area contributed by atoms with Gasteiger partial charge in [-0.3, -0.25) is 9.71 Å². The molecule has 160 valence electrons. The fourth-order valence-electron chi connectivity index (χ4n) is 3.85. The van der Waals surface area contributed by atoms with Crippen molar-refractivity contribution >= 4 is 38.7 Å². The van der Waals surface area contributed by atoms with Gasteiger partial charge < -0.3 is 9.84 Å². The first-order chi connectivity index (χ1) is 14.9. The number of carboxylic acids is 1. The maximum absolute atomic E-state index is 13.4. The van der Waals surface area contributed by atoms with Crippen molar-refractivity contribution in [1.29, 1.82) is 0 Å². The molecule has 4 rings (SSSR count). The van der Waals surface area contributed by atoms with Gasteiger partial charge in [0.1, 0.15) is 10.6 Å². The van der Waals surface area contributed by atoms with Crippen LogP contribution in [0.15, 0.2) is 53.4 Å². The second-order valence-corrected chi connectivity index (χ2v) is 8.97. The zero-order valence-corrected chi connectivity index (χ0v) is 17.8. The lowest BCUT2D eigenvalue weighted by Gasteiger charge is -2.22. The van der Waals surface area contributed by atoms with Crippen molar-refractivity contribution in [1.82, 2.24) is 4.98 Å². The highest BCUT2D eigenvalue weighted by Gasteiger charge is 2.25. The van der Waals surface area contributed by atoms with Crippen LogP contribution in [0.4, 0.5) is 5.69 Å². The maximum Gasteiger partial charge on any atom is 0.328 e. The highest BCUT2D eigenvalue weighted by Crippen LogP contribution is 2.36. The summed E-state index contributed by atoms with van der Waals surface area (Å²) in [4.78, 5) is 15.5. The number of nitrogens with one attached hydrogen (secondary N) is 1. The molecule has 0 saturated carbocycles. The summed E-state index contributed by atoms with van der Waals surface area (Å²) in [7, 11) is -2.63. The molecule has 0 radical (unpaired) electrons. The highest BCUT2D eigenvalue weighted by atomic mass is 32.2. The number of sulfonamides is 1. The Morgan fingerprint density at radius 2 is 1.94 bits per heavy atom. The van der Waals surface area contributed by atoms with E-state index >= 15 is 0 Å². The number of anilines is 1. The molecule has 1 aromatic heterocycles. The molecule has 0 spiro atoms. The van der Waals surface area contributed by atoms with E-state index in [1.165, 1.54) is 25.3 Å². The van der Waals surface area contributed by atoms with Crippen LogP contribution in [0.1, 0.15) is 29.7 Å². The Morgan fingerprint density at radius 3 is 2.71 bits per heavy atom. The molecule has 3 aromatic rings. The van der Waals surface area contributed by atoms with E-state index in [1.54, 1.807) is 6.07 Å². The number of carboxylic acid groups (broad SMARTS) is 1. The largest absolute Gasteiger partial charge is 0.495 e. The van der Waals surface area contributed by atoms with Gasteiger partial charge in [-0.15, -0.1) is 0 Å². The summed E-state index contributed by atoms with van der Waals surface area (Å²) in [6, 6.07) is 12.0. The van der Waals surface area contributed by atoms with Crippen LogP contribution in [-0.2, 0) is 27.7 Å². The van der Waals surface area contributed by atoms with Gasteiger partial charge in [0.2, 0.25) is 0 Å². The van der Waals surface area contributed by atoms with E-state index < -0.39 is 16.0 Å². The molecule has 1 aliphatic rings. The van der Waals surface area contributed by atoms with Gasteiger partial charge in [0.15, 0.2) is 0 Å². The molecule has 0 amide bonds. The van der Waals surface area contributed by atoms with Gasteiger partial charge in [0, 0.05) is 17.2 Å². The minimum absolute atomic E-state index is 0.0620. The van der Waals surface area contributed by atoms with Crippen molar-refractivity contribution in [2.75, 3.05) is 11.8 Å². The molecule has 1 aliphatic carbocycles. The molecule has 1 heterocycles. The van der Waals surface area contributed by atoms with Gasteiger partial charge in [-0.2, -0.15) is 0 Å². The number of pyridine rings is 1. The van der Waals surface area contributed by atoms with Crippen LogP contribution in [0.25, 0.3) is 17.0 Å². The number of aryl methyl sites for hydroxylation is 1. The third kappa shape index (κ3) is 4.25. The molecular formula is C23H22N2O5S. The Morgan fingerprint density at radius 1 is 1.16 bits per heavy atom. The fraction of sp³-hybridized carbons (Fsp3) is 0.217. The molecule has 2 aromatic carbocycles. The van der Waals surface area contributed by atoms with E-state index in [0.29, 0.717) is 11.3 Å². The fourth-order valence-corrected chi connectivity index (χ4v) is 5.17. The smallest absolute Gasteiger partial charge is 0.328 e. The van der Waals surface area contributed by atoms with Crippen LogP contribution in [-0.4, -0.2) is 31.6 Å². The average Bonchev–Trinajstić information content (AvgIpc) is 2.77. The Kier molecular flexibility index (Phi) is 5.65. The number of rotatable bonds is 6. The van der Waals surface area contributed by atoms with Crippen LogP contribution in [0.3, 0.4) is 0 Å². The number of nitrogens with zero attached hydrogens (tertiary/aromatic N) is 1. The van der Waals surface area contributed by atoms with Crippen molar-refractivity contribution in [3.63, 3.8) is 0 Å². The number of benzene rings is 2. The average molecular weight is 439 g/mol. The van der Waals surface area contributed by atoms with E-state index in [0.717, 1.165) is 53.9 Å². The minimum Gasteiger partial charge on any atom is -0.495 e. The first-order valence-corrected chi connectivity index (χ1v) is 11.4. The molecule has 2 N–H and O–H groups in total. The number of carbonyl (C=O) groups is 1. The third-order valence-corrected chi connectivity index (χ3v) is 6.67. The van der Waals surface area contributed by atoms with Crippen LogP contribution in [0, 0.1) is 0 Å². The van der Waals surface area contributed by atoms with Crippen LogP contribution < -0.4 is 9.46 Å². The van der Waals surface area contributed by atoms with Gasteiger partial charge in [-0.1, -0.05) is 24.3 Å². The molecule has 7 nitrogen and oxygen atoms in total. The highest BCUT2D eigenvalue weighted by molar-refractivity contribution is 7.92. The SMILES string of the molecule is COc1ccc(/C=C/C(=O)O)cc1S(=O)(=O)Nc1c2c(nc3ccccc13)CCCC2. The van der Waals surface area contributed by atoms with E-state index in [1.807, 2.05) is 24.3 Å². The van der Waals surface area contributed by atoms with Crippen molar-refractivity contribution in [3.05, 3.63) is 65.4 Å². The van der Waals surface area contributed by atoms with Gasteiger partial charge in [-0.05, 0) is 61.1 Å². The lowest BCUT2D eigenvalue weighted by Crippen LogP contribution is -2.18. The zero-order valence-electron chi connectivity index (χ0n) is 17.0. The van der Waals surface area contributed by atoms with Crippen molar-refractivity contribution in [2.24, 2.45) is 0 Å². The Hall–Kier alpha value is -3.39. The first kappa shape index (κ1) is 20.9. The Bertz CT molecular complexity index is 1300. The number of aliphatic carboxylic acids is 1. The maximum atomic E-state index is 13.4. The third-order valence-electron chi connectivity index (χ3n) is 5.30. The van der Waals surface area contributed by atoms with Crippen LogP contribution in [0.5, 0.6) is 5.75 Å². The summed E-state index contributed by atoms with van der Waals surface area (Å²) in [5.74, 6) is -0.944. The van der Waals surface area contributed by atoms with Crippen LogP contribution >= 0.6 is 0 Å². The molecule has 0 unspecified atom stereocenters. The number of methoxy groups -OCH3 is 1. The Labute approximate surface area is 180 Å². The molecule has 0 bridgehead atoms. The van der Waals surface area contributed by atoms with E-state index in [-0.39, 0.29) is 10.6 Å². The molecule has 31 heavy (non-hydrogen) atoms. The van der Waals surface area contributed by atoms with Crippen molar-refractivity contribution in [3.8, 4) is 5.75 Å². The molecule has 0 saturated heterocycles. The number of hydrogen-bond acceptors (Lipinski definition) is 5. The minimum atomic E-state index is -4.03. The predicted octanol–water partition coefficient (Wildman–Crippen LogP) is 4.02. The lowest BCUT2D eigenvalue weighted by atomic mass is 9.93. The summed E-state index contributed by atoms with van der Waals surface area (Å²) in [6.45, 7) is 0. The number of aromatic nitrogens is 1. The van der Waals surface area contributed by atoms with Gasteiger partial charge >= 0.3 is 5.97 Å². The topological polar surface area (TPSA) is 106 Å². The van der Waals surface area contributed by atoms with Gasteiger partial charge in [0.25, 0.3) is 10.0 Å². The first-order valence-electron chi connectivity index (χ1n) is 9.91.